The van der Waals surface area contributed by atoms with Crippen LogP contribution in [0.5, 0.6) is 0 Å². The maximum absolute atomic E-state index is 12.6. The van der Waals surface area contributed by atoms with Gasteiger partial charge in [0.25, 0.3) is 0 Å². The van der Waals surface area contributed by atoms with Gasteiger partial charge in [0.1, 0.15) is 0 Å². The molecule has 124 valence electrons. The summed E-state index contributed by atoms with van der Waals surface area (Å²) in [6.45, 7) is 7.75. The minimum Gasteiger partial charge on any atom is -0.350 e. The van der Waals surface area contributed by atoms with Crippen molar-refractivity contribution in [1.82, 2.24) is 5.32 Å². The van der Waals surface area contributed by atoms with Gasteiger partial charge >= 0.3 is 7.60 Å². The number of carbonyl (C=O) groups is 1. The van der Waals surface area contributed by atoms with Crippen molar-refractivity contribution in [3.8, 4) is 0 Å². The largest absolute Gasteiger partial charge is 0.350 e. The lowest BCUT2D eigenvalue weighted by atomic mass is 10.1. The lowest BCUT2D eigenvalue weighted by molar-refractivity contribution is -0.121. The molecule has 6 heteroatoms. The maximum atomic E-state index is 12.6. The predicted molar refractivity (Wildman–Crippen MR) is 87.9 cm³/mol. The standard InChI is InChI=1S/C16H26NO4P/c1-5-20-22(19,21-6-2)13(3)12-16(18)17-14(4)15-10-8-7-9-11-15/h7-11,13-14H,5-6,12H2,1-4H3,(H,17,18). The molecule has 2 unspecified atom stereocenters. The van der Waals surface area contributed by atoms with E-state index in [0.29, 0.717) is 13.2 Å². The normalized spacial score (nSPS) is 14.4. The van der Waals surface area contributed by atoms with Crippen molar-refractivity contribution in [1.29, 1.82) is 0 Å². The van der Waals surface area contributed by atoms with Crippen molar-refractivity contribution in [2.24, 2.45) is 0 Å². The molecule has 0 bridgehead atoms. The van der Waals surface area contributed by atoms with Gasteiger partial charge in [-0.15, -0.1) is 0 Å². The van der Waals surface area contributed by atoms with Gasteiger partial charge in [-0.05, 0) is 26.3 Å². The number of carbonyl (C=O) groups excluding carboxylic acids is 1. The van der Waals surface area contributed by atoms with Gasteiger partial charge in [-0.1, -0.05) is 37.3 Å². The van der Waals surface area contributed by atoms with Crippen LogP contribution >= 0.6 is 7.60 Å². The highest BCUT2D eigenvalue weighted by Gasteiger charge is 2.33. The highest BCUT2D eigenvalue weighted by atomic mass is 31.2. The third-order valence-electron chi connectivity index (χ3n) is 3.32. The van der Waals surface area contributed by atoms with Crippen molar-refractivity contribution < 1.29 is 18.4 Å². The molecule has 0 aliphatic rings. The molecule has 22 heavy (non-hydrogen) atoms. The minimum atomic E-state index is -3.24. The molecule has 1 rings (SSSR count). The molecule has 1 amide bonds. The summed E-state index contributed by atoms with van der Waals surface area (Å²) < 4.78 is 23.1. The summed E-state index contributed by atoms with van der Waals surface area (Å²) in [5.74, 6) is -0.163. The van der Waals surface area contributed by atoms with E-state index >= 15 is 0 Å². The van der Waals surface area contributed by atoms with E-state index in [0.717, 1.165) is 5.56 Å². The molecule has 0 radical (unpaired) electrons. The van der Waals surface area contributed by atoms with Gasteiger partial charge in [0.05, 0.1) is 24.9 Å². The highest BCUT2D eigenvalue weighted by molar-refractivity contribution is 7.54. The third kappa shape index (κ3) is 5.56. The molecule has 0 saturated carbocycles. The lowest BCUT2D eigenvalue weighted by Crippen LogP contribution is -2.29. The van der Waals surface area contributed by atoms with Crippen LogP contribution in [0, 0.1) is 0 Å². The van der Waals surface area contributed by atoms with Crippen LogP contribution in [0.4, 0.5) is 0 Å². The molecule has 1 aromatic carbocycles. The Hall–Kier alpha value is -1.16. The van der Waals surface area contributed by atoms with E-state index < -0.39 is 13.3 Å². The number of hydrogen-bond acceptors (Lipinski definition) is 4. The van der Waals surface area contributed by atoms with Crippen molar-refractivity contribution in [2.75, 3.05) is 13.2 Å². The van der Waals surface area contributed by atoms with E-state index in [2.05, 4.69) is 5.32 Å². The van der Waals surface area contributed by atoms with Gasteiger partial charge in [0.15, 0.2) is 0 Å². The number of amides is 1. The Bertz CT molecular complexity index is 496. The minimum absolute atomic E-state index is 0.0977. The summed E-state index contributed by atoms with van der Waals surface area (Å²) in [4.78, 5) is 12.1. The second kappa shape index (κ2) is 9.09. The molecule has 5 nitrogen and oxygen atoms in total. The zero-order chi connectivity index (χ0) is 16.6. The lowest BCUT2D eigenvalue weighted by Gasteiger charge is -2.23. The van der Waals surface area contributed by atoms with E-state index in [1.807, 2.05) is 37.3 Å². The van der Waals surface area contributed by atoms with Gasteiger partial charge in [-0.2, -0.15) is 0 Å². The third-order valence-corrected chi connectivity index (χ3v) is 5.81. The Morgan fingerprint density at radius 3 is 2.18 bits per heavy atom. The van der Waals surface area contributed by atoms with Crippen LogP contribution in [-0.2, 0) is 18.4 Å². The molecular weight excluding hydrogens is 301 g/mol. The van der Waals surface area contributed by atoms with Gasteiger partial charge in [0, 0.05) is 6.42 Å². The van der Waals surface area contributed by atoms with Gasteiger partial charge in [-0.3, -0.25) is 9.36 Å². The maximum Gasteiger partial charge on any atom is 0.333 e. The van der Waals surface area contributed by atoms with Gasteiger partial charge < -0.3 is 14.4 Å². The van der Waals surface area contributed by atoms with Gasteiger partial charge in [0.2, 0.25) is 5.91 Å². The SMILES string of the molecule is CCOP(=O)(OCC)C(C)CC(=O)NC(C)c1ccccc1. The number of hydrogen-bond donors (Lipinski definition) is 1. The summed E-state index contributed by atoms with van der Waals surface area (Å²) in [5, 5.41) is 2.91. The molecule has 0 saturated heterocycles. The predicted octanol–water partition coefficient (Wildman–Crippen LogP) is 3.91. The van der Waals surface area contributed by atoms with Crippen LogP contribution in [0.2, 0.25) is 0 Å². The van der Waals surface area contributed by atoms with Crippen LogP contribution in [0.3, 0.4) is 0 Å². The molecule has 1 N–H and O–H groups in total. The summed E-state index contributed by atoms with van der Waals surface area (Å²) in [7, 11) is -3.24. The first kappa shape index (κ1) is 18.9. The van der Waals surface area contributed by atoms with Crippen molar-refractivity contribution in [3.63, 3.8) is 0 Å². The zero-order valence-electron chi connectivity index (χ0n) is 13.7. The summed E-state index contributed by atoms with van der Waals surface area (Å²) in [5.41, 5.74) is 0.552. The van der Waals surface area contributed by atoms with Crippen molar-refractivity contribution >= 4 is 13.5 Å². The van der Waals surface area contributed by atoms with Gasteiger partial charge in [-0.25, -0.2) is 0 Å². The van der Waals surface area contributed by atoms with E-state index in [9.17, 15) is 9.36 Å². The first-order chi connectivity index (χ1) is 10.4. The fourth-order valence-electron chi connectivity index (χ4n) is 2.16. The topological polar surface area (TPSA) is 64.6 Å². The quantitative estimate of drug-likeness (QED) is 0.699. The molecule has 0 spiro atoms. The Morgan fingerprint density at radius 1 is 1.14 bits per heavy atom. The second-order valence-electron chi connectivity index (χ2n) is 5.13. The average molecular weight is 327 g/mol. The van der Waals surface area contributed by atoms with Crippen LogP contribution in [0.15, 0.2) is 30.3 Å². The highest BCUT2D eigenvalue weighted by Crippen LogP contribution is 2.53. The molecule has 0 aliphatic heterocycles. The van der Waals surface area contributed by atoms with Crippen LogP contribution < -0.4 is 5.32 Å². The fourth-order valence-corrected chi connectivity index (χ4v) is 3.85. The molecule has 0 aliphatic carbocycles. The first-order valence-electron chi connectivity index (χ1n) is 7.66. The monoisotopic (exact) mass is 327 g/mol. The molecule has 0 aromatic heterocycles. The Kier molecular flexibility index (Phi) is 7.80. The number of nitrogens with one attached hydrogen (secondary N) is 1. The van der Waals surface area contributed by atoms with Crippen molar-refractivity contribution in [3.05, 3.63) is 35.9 Å². The first-order valence-corrected chi connectivity index (χ1v) is 9.27. The average Bonchev–Trinajstić information content (AvgIpc) is 2.48. The Labute approximate surface area is 132 Å². The van der Waals surface area contributed by atoms with Crippen molar-refractivity contribution in [2.45, 2.75) is 45.8 Å². The molecule has 1 aromatic rings. The number of rotatable bonds is 9. The van der Waals surface area contributed by atoms with E-state index in [1.54, 1.807) is 20.8 Å². The van der Waals surface area contributed by atoms with Crippen LogP contribution in [-0.4, -0.2) is 24.8 Å². The second-order valence-corrected chi connectivity index (χ2v) is 7.61. The van der Waals surface area contributed by atoms with E-state index in [4.69, 9.17) is 9.05 Å². The van der Waals surface area contributed by atoms with E-state index in [1.165, 1.54) is 0 Å². The van der Waals surface area contributed by atoms with Crippen LogP contribution in [0.1, 0.15) is 45.7 Å². The summed E-state index contributed by atoms with van der Waals surface area (Å²) >= 11 is 0. The molecule has 0 fully saturated rings. The number of benzene rings is 1. The molecule has 2 atom stereocenters. The molecule has 0 heterocycles. The van der Waals surface area contributed by atoms with Crippen LogP contribution in [0.25, 0.3) is 0 Å². The summed E-state index contributed by atoms with van der Waals surface area (Å²) in [6.07, 6.45) is 0.106. The zero-order valence-corrected chi connectivity index (χ0v) is 14.6. The smallest absolute Gasteiger partial charge is 0.333 e. The Balaban J connectivity index is 2.61. The molecular formula is C16H26NO4P. The fraction of sp³-hybridized carbons (Fsp3) is 0.562. The van der Waals surface area contributed by atoms with E-state index in [-0.39, 0.29) is 18.4 Å². The summed E-state index contributed by atoms with van der Waals surface area (Å²) in [6, 6.07) is 9.61. The Morgan fingerprint density at radius 2 is 1.68 bits per heavy atom.